The van der Waals surface area contributed by atoms with Crippen LogP contribution in [-0.4, -0.2) is 25.6 Å². The molecular weight excluding hydrogens is 294 g/mol. The molecule has 23 heavy (non-hydrogen) atoms. The largest absolute Gasteiger partial charge is 0.495 e. The molecule has 0 heterocycles. The number of carbonyl (C=O) groups excluding carboxylic acids is 2. The normalized spacial score (nSPS) is 19.9. The fourth-order valence-corrected chi connectivity index (χ4v) is 2.35. The van der Waals surface area contributed by atoms with Crippen LogP contribution in [0.5, 0.6) is 5.75 Å². The Morgan fingerprint density at radius 3 is 2.48 bits per heavy atom. The van der Waals surface area contributed by atoms with Crippen LogP contribution in [0.4, 0.5) is 5.69 Å². The quantitative estimate of drug-likeness (QED) is 0.847. The molecule has 0 radical (unpaired) electrons. The molecule has 1 aliphatic carbocycles. The number of carbonyl (C=O) groups is 2. The summed E-state index contributed by atoms with van der Waals surface area (Å²) in [4.78, 5) is 23.7. The van der Waals surface area contributed by atoms with E-state index < -0.39 is 0 Å². The van der Waals surface area contributed by atoms with Crippen LogP contribution in [0.25, 0.3) is 0 Å². The van der Waals surface area contributed by atoms with E-state index in [0.717, 1.165) is 12.0 Å². The van der Waals surface area contributed by atoms with Gasteiger partial charge in [0.1, 0.15) is 5.75 Å². The molecule has 1 aromatic rings. The van der Waals surface area contributed by atoms with Gasteiger partial charge in [-0.2, -0.15) is 0 Å². The van der Waals surface area contributed by atoms with Gasteiger partial charge in [0.2, 0.25) is 0 Å². The number of esters is 1. The topological polar surface area (TPSA) is 64.6 Å². The molecule has 2 rings (SSSR count). The number of rotatable bonds is 5. The molecule has 1 saturated carbocycles. The molecular formula is C18H25NO4. The molecule has 0 aliphatic heterocycles. The van der Waals surface area contributed by atoms with Crippen molar-refractivity contribution in [2.75, 3.05) is 19.0 Å². The van der Waals surface area contributed by atoms with Gasteiger partial charge in [-0.05, 0) is 35.4 Å². The average Bonchev–Trinajstić information content (AvgIpc) is 3.21. The van der Waals surface area contributed by atoms with Gasteiger partial charge in [-0.3, -0.25) is 9.59 Å². The van der Waals surface area contributed by atoms with E-state index in [1.807, 2.05) is 25.1 Å². The third-order valence-corrected chi connectivity index (χ3v) is 4.10. The second-order valence-electron chi connectivity index (χ2n) is 7.14. The van der Waals surface area contributed by atoms with Gasteiger partial charge in [-0.15, -0.1) is 0 Å². The molecule has 0 aromatic heterocycles. The third kappa shape index (κ3) is 4.47. The molecule has 1 fully saturated rings. The zero-order valence-corrected chi connectivity index (χ0v) is 14.4. The Hall–Kier alpha value is -2.04. The van der Waals surface area contributed by atoms with Crippen molar-refractivity contribution in [2.24, 2.45) is 11.8 Å². The van der Waals surface area contributed by atoms with Crippen LogP contribution in [0.15, 0.2) is 18.2 Å². The molecule has 5 heteroatoms. The number of nitrogens with one attached hydrogen (secondary N) is 1. The maximum atomic E-state index is 12.0. The van der Waals surface area contributed by atoms with Crippen LogP contribution in [-0.2, 0) is 19.7 Å². The molecule has 1 aromatic carbocycles. The van der Waals surface area contributed by atoms with Crippen molar-refractivity contribution < 1.29 is 19.1 Å². The predicted molar refractivity (Wildman–Crippen MR) is 88.6 cm³/mol. The zero-order chi connectivity index (χ0) is 17.2. The summed E-state index contributed by atoms with van der Waals surface area (Å²) in [6.07, 6.45) is 0.849. The summed E-state index contributed by atoms with van der Waals surface area (Å²) >= 11 is 0. The molecule has 0 saturated heterocycles. The summed E-state index contributed by atoms with van der Waals surface area (Å²) in [7, 11) is 1.55. The van der Waals surface area contributed by atoms with Crippen molar-refractivity contribution >= 4 is 17.6 Å². The van der Waals surface area contributed by atoms with E-state index in [4.69, 9.17) is 9.47 Å². The highest BCUT2D eigenvalue weighted by Gasteiger charge is 2.40. The first-order valence-corrected chi connectivity index (χ1v) is 7.87. The number of hydrogen-bond donors (Lipinski definition) is 1. The Morgan fingerprint density at radius 2 is 1.96 bits per heavy atom. The van der Waals surface area contributed by atoms with E-state index in [2.05, 4.69) is 26.1 Å². The van der Waals surface area contributed by atoms with Crippen LogP contribution in [0.3, 0.4) is 0 Å². The van der Waals surface area contributed by atoms with Crippen molar-refractivity contribution in [3.8, 4) is 5.75 Å². The lowest BCUT2D eigenvalue weighted by Crippen LogP contribution is -2.22. The minimum absolute atomic E-state index is 0.0402. The van der Waals surface area contributed by atoms with E-state index in [0.29, 0.717) is 17.4 Å². The molecule has 5 nitrogen and oxygen atoms in total. The number of amides is 1. The van der Waals surface area contributed by atoms with Crippen LogP contribution >= 0.6 is 0 Å². The van der Waals surface area contributed by atoms with E-state index >= 15 is 0 Å². The van der Waals surface area contributed by atoms with Crippen molar-refractivity contribution in [3.63, 3.8) is 0 Å². The number of anilines is 1. The summed E-state index contributed by atoms with van der Waals surface area (Å²) in [6, 6.07) is 5.69. The predicted octanol–water partition coefficient (Wildman–Crippen LogP) is 3.13. The fraction of sp³-hybridized carbons (Fsp3) is 0.556. The Kier molecular flexibility index (Phi) is 4.97. The maximum absolute atomic E-state index is 12.0. The fourth-order valence-electron chi connectivity index (χ4n) is 2.35. The number of benzene rings is 1. The standard InChI is InChI=1S/C18H25NO4/c1-11-8-13(11)17(21)23-10-16(20)19-14-9-12(18(2,3)4)6-7-15(14)22-5/h6-7,9,11,13H,8,10H2,1-5H3,(H,19,20)/t11-,13-/m0/s1. The summed E-state index contributed by atoms with van der Waals surface area (Å²) < 4.78 is 10.3. The molecule has 0 spiro atoms. The van der Waals surface area contributed by atoms with Crippen LogP contribution in [0, 0.1) is 11.8 Å². The van der Waals surface area contributed by atoms with Crippen molar-refractivity contribution in [1.29, 1.82) is 0 Å². The molecule has 1 N–H and O–H groups in total. The van der Waals surface area contributed by atoms with Crippen LogP contribution < -0.4 is 10.1 Å². The molecule has 0 bridgehead atoms. The minimum Gasteiger partial charge on any atom is -0.495 e. The average molecular weight is 319 g/mol. The first kappa shape index (κ1) is 17.3. The SMILES string of the molecule is COc1ccc(C(C)(C)C)cc1NC(=O)COC(=O)[C@H]1C[C@@H]1C. The zero-order valence-electron chi connectivity index (χ0n) is 14.4. The number of methoxy groups -OCH3 is 1. The van der Waals surface area contributed by atoms with Gasteiger partial charge in [0, 0.05) is 0 Å². The first-order valence-electron chi connectivity index (χ1n) is 7.87. The highest BCUT2D eigenvalue weighted by atomic mass is 16.5. The van der Waals surface area contributed by atoms with Crippen LogP contribution in [0.1, 0.15) is 39.7 Å². The maximum Gasteiger partial charge on any atom is 0.309 e. The van der Waals surface area contributed by atoms with Crippen molar-refractivity contribution in [1.82, 2.24) is 0 Å². The van der Waals surface area contributed by atoms with E-state index in [9.17, 15) is 9.59 Å². The van der Waals surface area contributed by atoms with Gasteiger partial charge in [0.25, 0.3) is 5.91 Å². The van der Waals surface area contributed by atoms with Crippen LogP contribution in [0.2, 0.25) is 0 Å². The highest BCUT2D eigenvalue weighted by Crippen LogP contribution is 2.38. The van der Waals surface area contributed by atoms with Gasteiger partial charge in [-0.1, -0.05) is 33.8 Å². The van der Waals surface area contributed by atoms with E-state index in [-0.39, 0.29) is 29.8 Å². The Morgan fingerprint density at radius 1 is 1.30 bits per heavy atom. The molecule has 1 amide bonds. The van der Waals surface area contributed by atoms with E-state index in [1.165, 1.54) is 0 Å². The van der Waals surface area contributed by atoms with Gasteiger partial charge in [0.15, 0.2) is 6.61 Å². The lowest BCUT2D eigenvalue weighted by atomic mass is 9.87. The molecule has 1 aliphatic rings. The lowest BCUT2D eigenvalue weighted by molar-refractivity contribution is -0.148. The Bertz CT molecular complexity index is 604. The second kappa shape index (κ2) is 6.60. The summed E-state index contributed by atoms with van der Waals surface area (Å²) in [5, 5.41) is 2.76. The minimum atomic E-state index is -0.365. The third-order valence-electron chi connectivity index (χ3n) is 4.10. The summed E-state index contributed by atoms with van der Waals surface area (Å²) in [6.45, 7) is 8.01. The second-order valence-corrected chi connectivity index (χ2v) is 7.14. The molecule has 126 valence electrons. The highest BCUT2D eigenvalue weighted by molar-refractivity contribution is 5.94. The first-order chi connectivity index (χ1) is 10.7. The van der Waals surface area contributed by atoms with Crippen molar-refractivity contribution in [2.45, 2.75) is 39.5 Å². The van der Waals surface area contributed by atoms with E-state index in [1.54, 1.807) is 7.11 Å². The summed E-state index contributed by atoms with van der Waals surface area (Å²) in [5.41, 5.74) is 1.62. The molecule has 2 atom stereocenters. The van der Waals surface area contributed by atoms with Crippen molar-refractivity contribution in [3.05, 3.63) is 23.8 Å². The van der Waals surface area contributed by atoms with Gasteiger partial charge < -0.3 is 14.8 Å². The Labute approximate surface area is 137 Å². The number of ether oxygens (including phenoxy) is 2. The Balaban J connectivity index is 2.00. The lowest BCUT2D eigenvalue weighted by Gasteiger charge is -2.21. The van der Waals surface area contributed by atoms with Gasteiger partial charge in [-0.25, -0.2) is 0 Å². The monoisotopic (exact) mass is 319 g/mol. The van der Waals surface area contributed by atoms with Gasteiger partial charge >= 0.3 is 5.97 Å². The molecule has 0 unspecified atom stereocenters. The smallest absolute Gasteiger partial charge is 0.309 e. The van der Waals surface area contributed by atoms with Gasteiger partial charge in [0.05, 0.1) is 18.7 Å². The summed E-state index contributed by atoms with van der Waals surface area (Å²) in [5.74, 6) is 0.253. The number of hydrogen-bond acceptors (Lipinski definition) is 4.